The SMILES string of the molecule is Cc1cc(CN(Cc2cc(C)ccc2-c2cc(C(C)(C)C)ccc2C)c2ncc(OCCCC(=O)O)cn2)cc(C(F)(F)F)c1. The van der Waals surface area contributed by atoms with Gasteiger partial charge < -0.3 is 14.7 Å². The summed E-state index contributed by atoms with van der Waals surface area (Å²) in [6, 6.07) is 16.8. The lowest BCUT2D eigenvalue weighted by molar-refractivity contribution is -0.138. The highest BCUT2D eigenvalue weighted by Gasteiger charge is 2.31. The van der Waals surface area contributed by atoms with E-state index in [9.17, 15) is 18.0 Å². The lowest BCUT2D eigenvalue weighted by Crippen LogP contribution is -2.25. The summed E-state index contributed by atoms with van der Waals surface area (Å²) in [6.45, 7) is 12.9. The molecule has 0 aliphatic heterocycles. The van der Waals surface area contributed by atoms with Gasteiger partial charge in [0.2, 0.25) is 5.95 Å². The van der Waals surface area contributed by atoms with Gasteiger partial charge in [-0.05, 0) is 78.1 Å². The standard InChI is InChI=1S/C36H40F3N3O3/c1-23-9-12-31(32-18-28(35(4,5)6)11-10-25(32)3)27(15-23)22-42(21-26-14-24(2)16-29(17-26)36(37,38)39)34-40-19-30(20-41-34)45-13-7-8-33(43)44/h9-12,14-20H,7-8,13,21-22H2,1-6H3,(H,43,44). The second-order valence-corrected chi connectivity index (χ2v) is 12.6. The molecule has 0 saturated heterocycles. The molecule has 0 bridgehead atoms. The normalized spacial score (nSPS) is 11.8. The molecule has 9 heteroatoms. The molecule has 1 N–H and O–H groups in total. The molecule has 0 unspecified atom stereocenters. The molecule has 0 atom stereocenters. The molecule has 4 aromatic rings. The Labute approximate surface area is 262 Å². The zero-order chi connectivity index (χ0) is 32.9. The Hall–Kier alpha value is -4.40. The molecule has 0 aliphatic rings. The van der Waals surface area contributed by atoms with Crippen molar-refractivity contribution in [3.05, 3.63) is 106 Å². The smallest absolute Gasteiger partial charge is 0.416 e. The van der Waals surface area contributed by atoms with Crippen LogP contribution in [0.3, 0.4) is 0 Å². The van der Waals surface area contributed by atoms with Gasteiger partial charge in [0, 0.05) is 19.5 Å². The topological polar surface area (TPSA) is 75.6 Å². The Morgan fingerprint density at radius 1 is 0.844 bits per heavy atom. The first-order valence-corrected chi connectivity index (χ1v) is 14.9. The van der Waals surface area contributed by atoms with E-state index >= 15 is 0 Å². The van der Waals surface area contributed by atoms with E-state index in [4.69, 9.17) is 9.84 Å². The van der Waals surface area contributed by atoms with Crippen molar-refractivity contribution in [3.63, 3.8) is 0 Å². The van der Waals surface area contributed by atoms with E-state index in [1.54, 1.807) is 13.0 Å². The van der Waals surface area contributed by atoms with Gasteiger partial charge in [-0.3, -0.25) is 4.79 Å². The van der Waals surface area contributed by atoms with E-state index in [2.05, 4.69) is 74.1 Å². The molecular weight excluding hydrogens is 579 g/mol. The number of carboxylic acid groups (broad SMARTS) is 1. The van der Waals surface area contributed by atoms with E-state index < -0.39 is 17.7 Å². The van der Waals surface area contributed by atoms with E-state index in [1.807, 2.05) is 11.8 Å². The van der Waals surface area contributed by atoms with Gasteiger partial charge in [-0.25, -0.2) is 9.97 Å². The Bertz CT molecular complexity index is 1640. The van der Waals surface area contributed by atoms with Crippen molar-refractivity contribution in [2.75, 3.05) is 11.5 Å². The maximum atomic E-state index is 13.7. The zero-order valence-corrected chi connectivity index (χ0v) is 26.6. The minimum Gasteiger partial charge on any atom is -0.490 e. The highest BCUT2D eigenvalue weighted by atomic mass is 19.4. The van der Waals surface area contributed by atoms with Crippen LogP contribution in [-0.4, -0.2) is 27.7 Å². The lowest BCUT2D eigenvalue weighted by atomic mass is 9.83. The summed E-state index contributed by atoms with van der Waals surface area (Å²) in [7, 11) is 0. The van der Waals surface area contributed by atoms with Crippen LogP contribution in [-0.2, 0) is 29.5 Å². The lowest BCUT2D eigenvalue weighted by Gasteiger charge is -2.26. The van der Waals surface area contributed by atoms with Crippen molar-refractivity contribution in [2.24, 2.45) is 0 Å². The highest BCUT2D eigenvalue weighted by molar-refractivity contribution is 5.72. The van der Waals surface area contributed by atoms with Gasteiger partial charge in [0.1, 0.15) is 0 Å². The molecule has 1 aromatic heterocycles. The maximum Gasteiger partial charge on any atom is 0.416 e. The second kappa shape index (κ2) is 13.7. The summed E-state index contributed by atoms with van der Waals surface area (Å²) in [4.78, 5) is 21.7. The number of hydrogen-bond donors (Lipinski definition) is 1. The molecule has 0 saturated carbocycles. The van der Waals surface area contributed by atoms with Crippen LogP contribution in [0.25, 0.3) is 11.1 Å². The molecule has 3 aromatic carbocycles. The quantitative estimate of drug-likeness (QED) is 0.169. The predicted molar refractivity (Wildman–Crippen MR) is 171 cm³/mol. The van der Waals surface area contributed by atoms with Gasteiger partial charge in [-0.15, -0.1) is 0 Å². The number of hydrogen-bond acceptors (Lipinski definition) is 5. The Morgan fingerprint density at radius 3 is 2.20 bits per heavy atom. The van der Waals surface area contributed by atoms with Crippen molar-refractivity contribution < 1.29 is 27.8 Å². The van der Waals surface area contributed by atoms with Crippen LogP contribution in [0.15, 0.2) is 67.0 Å². The average molecular weight is 620 g/mol. The molecule has 238 valence electrons. The van der Waals surface area contributed by atoms with Gasteiger partial charge >= 0.3 is 12.1 Å². The molecule has 0 amide bonds. The first kappa shape index (κ1) is 33.5. The van der Waals surface area contributed by atoms with Crippen LogP contribution >= 0.6 is 0 Å². The molecule has 45 heavy (non-hydrogen) atoms. The van der Waals surface area contributed by atoms with Crippen molar-refractivity contribution in [1.29, 1.82) is 0 Å². The number of carbonyl (C=O) groups is 1. The Balaban J connectivity index is 1.74. The highest BCUT2D eigenvalue weighted by Crippen LogP contribution is 2.35. The first-order chi connectivity index (χ1) is 21.1. The number of benzene rings is 3. The number of anilines is 1. The van der Waals surface area contributed by atoms with Gasteiger partial charge in [0.05, 0.1) is 24.6 Å². The third kappa shape index (κ3) is 9.06. The molecule has 1 heterocycles. The van der Waals surface area contributed by atoms with Crippen LogP contribution in [0.4, 0.5) is 19.1 Å². The minimum atomic E-state index is -4.47. The number of nitrogens with zero attached hydrogens (tertiary/aromatic N) is 3. The van der Waals surface area contributed by atoms with E-state index in [-0.39, 0.29) is 25.0 Å². The zero-order valence-electron chi connectivity index (χ0n) is 26.6. The van der Waals surface area contributed by atoms with Gasteiger partial charge in [0.15, 0.2) is 5.75 Å². The second-order valence-electron chi connectivity index (χ2n) is 12.6. The number of aromatic nitrogens is 2. The number of aliphatic carboxylic acids is 1. The maximum absolute atomic E-state index is 13.7. The summed E-state index contributed by atoms with van der Waals surface area (Å²) in [5.41, 5.74) is 6.75. The molecule has 0 aliphatic carbocycles. The number of aryl methyl sites for hydroxylation is 3. The Morgan fingerprint density at radius 2 is 1.56 bits per heavy atom. The summed E-state index contributed by atoms with van der Waals surface area (Å²) in [5.74, 6) is -0.193. The Kier molecular flexibility index (Phi) is 10.2. The number of rotatable bonds is 11. The molecule has 4 rings (SSSR count). The number of alkyl halides is 3. The van der Waals surface area contributed by atoms with E-state index in [0.29, 0.717) is 35.8 Å². The fourth-order valence-corrected chi connectivity index (χ4v) is 5.20. The van der Waals surface area contributed by atoms with Crippen LogP contribution in [0.2, 0.25) is 0 Å². The summed E-state index contributed by atoms with van der Waals surface area (Å²) < 4.78 is 46.8. The first-order valence-electron chi connectivity index (χ1n) is 14.9. The van der Waals surface area contributed by atoms with E-state index in [0.717, 1.165) is 33.9 Å². The summed E-state index contributed by atoms with van der Waals surface area (Å²) in [6.07, 6.45) is -1.14. The van der Waals surface area contributed by atoms with Crippen molar-refractivity contribution in [2.45, 2.75) is 79.1 Å². The third-order valence-corrected chi connectivity index (χ3v) is 7.55. The number of ether oxygens (including phenoxy) is 1. The third-order valence-electron chi connectivity index (χ3n) is 7.55. The average Bonchev–Trinajstić information content (AvgIpc) is 2.94. The largest absolute Gasteiger partial charge is 0.490 e. The van der Waals surface area contributed by atoms with Crippen molar-refractivity contribution in [1.82, 2.24) is 9.97 Å². The van der Waals surface area contributed by atoms with Gasteiger partial charge in [0.25, 0.3) is 0 Å². The van der Waals surface area contributed by atoms with Crippen LogP contribution in [0.1, 0.15) is 72.6 Å². The number of carboxylic acids is 1. The van der Waals surface area contributed by atoms with Crippen molar-refractivity contribution in [3.8, 4) is 16.9 Å². The fourth-order valence-electron chi connectivity index (χ4n) is 5.20. The van der Waals surface area contributed by atoms with Gasteiger partial charge in [-0.1, -0.05) is 74.4 Å². The molecule has 0 spiro atoms. The molecule has 0 radical (unpaired) electrons. The van der Waals surface area contributed by atoms with Gasteiger partial charge in [-0.2, -0.15) is 13.2 Å². The summed E-state index contributed by atoms with van der Waals surface area (Å²) in [5, 5.41) is 8.85. The monoisotopic (exact) mass is 619 g/mol. The van der Waals surface area contributed by atoms with Crippen LogP contribution in [0.5, 0.6) is 5.75 Å². The van der Waals surface area contributed by atoms with Crippen LogP contribution < -0.4 is 9.64 Å². The fraction of sp³-hybridized carbons (Fsp3) is 0.361. The minimum absolute atomic E-state index is 0.0138. The molecular formula is C36H40F3N3O3. The van der Waals surface area contributed by atoms with E-state index in [1.165, 1.54) is 24.0 Å². The predicted octanol–water partition coefficient (Wildman–Crippen LogP) is 8.84. The molecule has 6 nitrogen and oxygen atoms in total. The van der Waals surface area contributed by atoms with Crippen molar-refractivity contribution >= 4 is 11.9 Å². The number of halogens is 3. The molecule has 0 fully saturated rings. The summed E-state index contributed by atoms with van der Waals surface area (Å²) >= 11 is 0. The van der Waals surface area contributed by atoms with Crippen LogP contribution in [0, 0.1) is 20.8 Å².